The Labute approximate surface area is 170 Å². The smallest absolute Gasteiger partial charge is 0.294 e. The topological polar surface area (TPSA) is 66.9 Å². The fourth-order valence-electron chi connectivity index (χ4n) is 3.35. The maximum absolute atomic E-state index is 12.8. The lowest BCUT2D eigenvalue weighted by Crippen LogP contribution is -2.48. The van der Waals surface area contributed by atoms with Crippen LogP contribution in [0.5, 0.6) is 5.75 Å². The maximum atomic E-state index is 12.8. The van der Waals surface area contributed by atoms with E-state index < -0.39 is 11.1 Å². The van der Waals surface area contributed by atoms with Gasteiger partial charge in [-0.2, -0.15) is 0 Å². The summed E-state index contributed by atoms with van der Waals surface area (Å²) in [6.45, 7) is 11.3. The molecular weight excluding hydrogens is 376 g/mol. The average Bonchev–Trinajstić information content (AvgIpc) is 2.84. The van der Waals surface area contributed by atoms with Crippen LogP contribution in [0.15, 0.2) is 17.0 Å². The van der Waals surface area contributed by atoms with Crippen molar-refractivity contribution in [2.24, 2.45) is 0 Å². The SMILES string of the molecule is COc1cc(C)c(/C=C2\SC(=O)N(CC(=O)N(C(C)C)C(C)C)C2=O)cc1C. The van der Waals surface area contributed by atoms with Gasteiger partial charge in [-0.3, -0.25) is 19.3 Å². The number of nitrogens with zero attached hydrogens (tertiary/aromatic N) is 2. The number of carbonyl (C=O) groups is 3. The molecule has 1 aromatic rings. The van der Waals surface area contributed by atoms with Gasteiger partial charge < -0.3 is 9.64 Å². The summed E-state index contributed by atoms with van der Waals surface area (Å²) in [7, 11) is 1.61. The molecule has 0 atom stereocenters. The molecular formula is C21H28N2O4S. The second-order valence-electron chi connectivity index (χ2n) is 7.43. The molecule has 28 heavy (non-hydrogen) atoms. The van der Waals surface area contributed by atoms with Crippen LogP contribution in [-0.4, -0.2) is 52.6 Å². The summed E-state index contributed by atoms with van der Waals surface area (Å²) >= 11 is 0.868. The van der Waals surface area contributed by atoms with Gasteiger partial charge in [-0.05, 0) is 88.2 Å². The molecule has 6 nitrogen and oxygen atoms in total. The number of hydrogen-bond donors (Lipinski definition) is 0. The fourth-order valence-corrected chi connectivity index (χ4v) is 4.18. The second kappa shape index (κ2) is 8.82. The molecule has 1 aromatic carbocycles. The summed E-state index contributed by atoms with van der Waals surface area (Å²) in [6, 6.07) is 3.81. The highest BCUT2D eigenvalue weighted by Gasteiger charge is 2.37. The first kappa shape index (κ1) is 22.0. The molecule has 1 aliphatic rings. The Bertz CT molecular complexity index is 822. The van der Waals surface area contributed by atoms with Crippen LogP contribution in [0.1, 0.15) is 44.4 Å². The molecule has 1 saturated heterocycles. The quantitative estimate of drug-likeness (QED) is 0.671. The Morgan fingerprint density at radius 1 is 1.14 bits per heavy atom. The van der Waals surface area contributed by atoms with Crippen LogP contribution >= 0.6 is 11.8 Å². The summed E-state index contributed by atoms with van der Waals surface area (Å²) in [5, 5.41) is -0.417. The molecule has 3 amide bonds. The largest absolute Gasteiger partial charge is 0.496 e. The Kier molecular flexibility index (Phi) is 6.93. The first-order valence-electron chi connectivity index (χ1n) is 9.28. The van der Waals surface area contributed by atoms with Crippen molar-refractivity contribution in [3.63, 3.8) is 0 Å². The average molecular weight is 405 g/mol. The summed E-state index contributed by atoms with van der Waals surface area (Å²) in [6.07, 6.45) is 1.71. The van der Waals surface area contributed by atoms with Gasteiger partial charge in [-0.15, -0.1) is 0 Å². The van der Waals surface area contributed by atoms with Crippen LogP contribution in [0.4, 0.5) is 4.79 Å². The Morgan fingerprint density at radius 3 is 2.29 bits per heavy atom. The molecule has 0 bridgehead atoms. The monoisotopic (exact) mass is 404 g/mol. The van der Waals surface area contributed by atoms with Gasteiger partial charge in [-0.1, -0.05) is 0 Å². The third-order valence-corrected chi connectivity index (χ3v) is 5.55. The van der Waals surface area contributed by atoms with Crippen molar-refractivity contribution in [2.45, 2.75) is 53.6 Å². The molecule has 1 aliphatic heterocycles. The fraction of sp³-hybridized carbons (Fsp3) is 0.476. The summed E-state index contributed by atoms with van der Waals surface area (Å²) in [5.41, 5.74) is 2.73. The zero-order chi connectivity index (χ0) is 21.2. The third kappa shape index (κ3) is 4.58. The standard InChI is InChI=1S/C21H28N2O4S/c1-12(2)23(13(3)4)19(24)11-22-20(25)18(28-21(22)26)10-16-8-15(6)17(27-7)9-14(16)5/h8-10,12-13H,11H2,1-7H3/b18-10-. The summed E-state index contributed by atoms with van der Waals surface area (Å²) in [5.74, 6) is 0.115. The van der Waals surface area contributed by atoms with Crippen molar-refractivity contribution in [3.8, 4) is 5.75 Å². The normalized spacial score (nSPS) is 15.9. The van der Waals surface area contributed by atoms with E-state index in [1.165, 1.54) is 0 Å². The van der Waals surface area contributed by atoms with E-state index in [4.69, 9.17) is 4.74 Å². The zero-order valence-corrected chi connectivity index (χ0v) is 18.3. The first-order chi connectivity index (χ1) is 13.1. The van der Waals surface area contributed by atoms with E-state index in [1.54, 1.807) is 18.1 Å². The highest BCUT2D eigenvalue weighted by atomic mass is 32.2. The van der Waals surface area contributed by atoms with Crippen molar-refractivity contribution in [1.82, 2.24) is 9.80 Å². The van der Waals surface area contributed by atoms with Gasteiger partial charge in [-0.25, -0.2) is 0 Å². The minimum absolute atomic E-state index is 0.00658. The minimum Gasteiger partial charge on any atom is -0.496 e. The van der Waals surface area contributed by atoms with Crippen molar-refractivity contribution in [1.29, 1.82) is 0 Å². The number of imide groups is 1. The number of thioether (sulfide) groups is 1. The van der Waals surface area contributed by atoms with E-state index >= 15 is 0 Å². The summed E-state index contributed by atoms with van der Waals surface area (Å²) in [4.78, 5) is 40.8. The van der Waals surface area contributed by atoms with Crippen LogP contribution in [0.2, 0.25) is 0 Å². The Balaban J connectivity index is 2.25. The second-order valence-corrected chi connectivity index (χ2v) is 8.43. The van der Waals surface area contributed by atoms with Crippen LogP contribution in [0, 0.1) is 13.8 Å². The van der Waals surface area contributed by atoms with E-state index in [9.17, 15) is 14.4 Å². The predicted octanol–water partition coefficient (Wildman–Crippen LogP) is 3.99. The van der Waals surface area contributed by atoms with Gasteiger partial charge in [0.25, 0.3) is 11.1 Å². The molecule has 0 radical (unpaired) electrons. The molecule has 0 N–H and O–H groups in total. The van der Waals surface area contributed by atoms with Gasteiger partial charge in [0.15, 0.2) is 0 Å². The number of benzene rings is 1. The number of aryl methyl sites for hydroxylation is 2. The van der Waals surface area contributed by atoms with E-state index in [-0.39, 0.29) is 24.5 Å². The van der Waals surface area contributed by atoms with Crippen LogP contribution < -0.4 is 4.74 Å². The molecule has 0 aromatic heterocycles. The number of rotatable bonds is 6. The molecule has 0 saturated carbocycles. The van der Waals surface area contributed by atoms with Crippen LogP contribution in [0.25, 0.3) is 6.08 Å². The predicted molar refractivity (Wildman–Crippen MR) is 112 cm³/mol. The van der Waals surface area contributed by atoms with Crippen molar-refractivity contribution in [3.05, 3.63) is 33.7 Å². The maximum Gasteiger partial charge on any atom is 0.294 e. The van der Waals surface area contributed by atoms with E-state index in [1.807, 2.05) is 53.7 Å². The molecule has 0 spiro atoms. The molecule has 7 heteroatoms. The number of carbonyl (C=O) groups excluding carboxylic acids is 3. The van der Waals surface area contributed by atoms with Crippen molar-refractivity contribution in [2.75, 3.05) is 13.7 Å². The molecule has 0 aliphatic carbocycles. The van der Waals surface area contributed by atoms with Gasteiger partial charge in [0.2, 0.25) is 5.91 Å². The summed E-state index contributed by atoms with van der Waals surface area (Å²) < 4.78 is 5.31. The van der Waals surface area contributed by atoms with E-state index in [2.05, 4.69) is 0 Å². The number of amides is 3. The van der Waals surface area contributed by atoms with Gasteiger partial charge in [0, 0.05) is 12.1 Å². The number of ether oxygens (including phenoxy) is 1. The Morgan fingerprint density at radius 2 is 1.75 bits per heavy atom. The van der Waals surface area contributed by atoms with Crippen molar-refractivity contribution >= 4 is 34.9 Å². The van der Waals surface area contributed by atoms with E-state index in [0.29, 0.717) is 4.91 Å². The lowest BCUT2D eigenvalue weighted by Gasteiger charge is -2.31. The molecule has 1 fully saturated rings. The number of hydrogen-bond acceptors (Lipinski definition) is 5. The highest BCUT2D eigenvalue weighted by Crippen LogP contribution is 2.34. The van der Waals surface area contributed by atoms with Gasteiger partial charge in [0.05, 0.1) is 12.0 Å². The van der Waals surface area contributed by atoms with Crippen molar-refractivity contribution < 1.29 is 19.1 Å². The van der Waals surface area contributed by atoms with Crippen LogP contribution in [0.3, 0.4) is 0 Å². The Hall–Kier alpha value is -2.28. The molecule has 2 rings (SSSR count). The molecule has 0 unspecified atom stereocenters. The lowest BCUT2D eigenvalue weighted by molar-refractivity contribution is -0.138. The van der Waals surface area contributed by atoms with Gasteiger partial charge in [0.1, 0.15) is 12.3 Å². The lowest BCUT2D eigenvalue weighted by atomic mass is 10.0. The highest BCUT2D eigenvalue weighted by molar-refractivity contribution is 8.18. The minimum atomic E-state index is -0.427. The third-order valence-electron chi connectivity index (χ3n) is 4.64. The van der Waals surface area contributed by atoms with Gasteiger partial charge >= 0.3 is 0 Å². The number of methoxy groups -OCH3 is 1. The van der Waals surface area contributed by atoms with E-state index in [0.717, 1.165) is 39.1 Å². The molecule has 1 heterocycles. The van der Waals surface area contributed by atoms with Crippen LogP contribution in [-0.2, 0) is 9.59 Å². The molecule has 152 valence electrons. The first-order valence-corrected chi connectivity index (χ1v) is 10.1. The zero-order valence-electron chi connectivity index (χ0n) is 17.5.